The van der Waals surface area contributed by atoms with Gasteiger partial charge in [0.1, 0.15) is 0 Å². The number of rotatable bonds is 4. The highest BCUT2D eigenvalue weighted by atomic mass is 15.1. The van der Waals surface area contributed by atoms with Crippen LogP contribution in [0.25, 0.3) is 0 Å². The Morgan fingerprint density at radius 2 is 2.00 bits per heavy atom. The lowest BCUT2D eigenvalue weighted by atomic mass is 10.2. The molecule has 0 aromatic heterocycles. The summed E-state index contributed by atoms with van der Waals surface area (Å²) in [5.74, 6) is 0. The summed E-state index contributed by atoms with van der Waals surface area (Å²) in [7, 11) is 0. The molecule has 0 atom stereocenters. The molecule has 1 rings (SSSR count). The molecule has 1 nitrogen and oxygen atoms in total. The molecule has 0 unspecified atom stereocenters. The Bertz CT molecular complexity index is 74.8. The monoisotopic (exact) mass is 140 g/mol. The van der Waals surface area contributed by atoms with Gasteiger partial charge in [-0.2, -0.15) is 0 Å². The molecule has 0 bridgehead atoms. The molecule has 1 radical (unpaired) electrons. The number of unbranched alkanes of at least 4 members (excludes halogenated alkanes) is 2. The van der Waals surface area contributed by atoms with Crippen LogP contribution in [-0.4, -0.2) is 18.0 Å². The molecule has 0 aromatic rings. The summed E-state index contributed by atoms with van der Waals surface area (Å²) >= 11 is 0. The molecular weight excluding hydrogens is 122 g/mol. The van der Waals surface area contributed by atoms with Crippen LogP contribution in [0.5, 0.6) is 0 Å². The third-order valence-electron chi connectivity index (χ3n) is 2.09. The van der Waals surface area contributed by atoms with E-state index in [1.807, 2.05) is 0 Å². The topological polar surface area (TPSA) is 3.24 Å². The van der Waals surface area contributed by atoms with E-state index in [4.69, 9.17) is 0 Å². The highest BCUT2D eigenvalue weighted by molar-refractivity contribution is 4.73. The Kier molecular flexibility index (Phi) is 3.81. The van der Waals surface area contributed by atoms with E-state index in [0.717, 1.165) is 0 Å². The van der Waals surface area contributed by atoms with Crippen LogP contribution in [0.3, 0.4) is 0 Å². The fourth-order valence-electron chi connectivity index (χ4n) is 1.40. The van der Waals surface area contributed by atoms with Gasteiger partial charge in [0.2, 0.25) is 0 Å². The Balaban J connectivity index is 1.91. The van der Waals surface area contributed by atoms with E-state index in [2.05, 4.69) is 18.4 Å². The molecule has 1 aliphatic heterocycles. The standard InChI is InChI=1S/C9H18N/c1-2-3-4-7-10-8-5-6-9-10/h7H,2-6,8-9H2,1H3. The molecule has 1 aliphatic rings. The van der Waals surface area contributed by atoms with Crippen LogP contribution < -0.4 is 0 Å². The van der Waals surface area contributed by atoms with E-state index >= 15 is 0 Å². The first-order valence-corrected chi connectivity index (χ1v) is 4.51. The molecule has 1 heterocycles. The Hall–Kier alpha value is -0.0400. The average Bonchev–Trinajstić information content (AvgIpc) is 2.41. The maximum absolute atomic E-state index is 2.47. The fraction of sp³-hybridized carbons (Fsp3) is 0.889. The van der Waals surface area contributed by atoms with E-state index in [1.165, 1.54) is 45.2 Å². The molecule has 1 fully saturated rings. The number of likely N-dealkylation sites (tertiary alicyclic amines) is 1. The third-order valence-corrected chi connectivity index (χ3v) is 2.09. The molecule has 59 valence electrons. The third kappa shape index (κ3) is 2.70. The van der Waals surface area contributed by atoms with Crippen LogP contribution >= 0.6 is 0 Å². The fourth-order valence-corrected chi connectivity index (χ4v) is 1.40. The first kappa shape index (κ1) is 8.06. The summed E-state index contributed by atoms with van der Waals surface area (Å²) in [5, 5.41) is 0. The molecule has 0 spiro atoms. The predicted octanol–water partition coefficient (Wildman–Crippen LogP) is 2.43. The SMILES string of the molecule is CCCC[CH]N1CCCC1. The van der Waals surface area contributed by atoms with Crippen molar-refractivity contribution in [3.05, 3.63) is 6.54 Å². The summed E-state index contributed by atoms with van der Waals surface area (Å²) in [5.41, 5.74) is 0. The van der Waals surface area contributed by atoms with Crippen LogP contribution in [0.2, 0.25) is 0 Å². The quantitative estimate of drug-likeness (QED) is 0.542. The number of hydrogen-bond donors (Lipinski definition) is 0. The second-order valence-corrected chi connectivity index (χ2v) is 3.07. The summed E-state index contributed by atoms with van der Waals surface area (Å²) in [6.45, 7) is 7.25. The van der Waals surface area contributed by atoms with Crippen molar-refractivity contribution in [3.63, 3.8) is 0 Å². The Morgan fingerprint density at radius 1 is 1.30 bits per heavy atom. The van der Waals surface area contributed by atoms with Crippen molar-refractivity contribution in [2.75, 3.05) is 13.1 Å². The Labute approximate surface area is 64.4 Å². The van der Waals surface area contributed by atoms with Crippen molar-refractivity contribution in [2.45, 2.75) is 39.0 Å². The van der Waals surface area contributed by atoms with Gasteiger partial charge in [0.15, 0.2) is 0 Å². The largest absolute Gasteiger partial charge is 0.299 e. The van der Waals surface area contributed by atoms with Crippen molar-refractivity contribution < 1.29 is 0 Å². The molecule has 1 saturated heterocycles. The molecule has 0 N–H and O–H groups in total. The van der Waals surface area contributed by atoms with Gasteiger partial charge in [-0.05, 0) is 32.4 Å². The lowest BCUT2D eigenvalue weighted by Gasteiger charge is -2.12. The first-order chi connectivity index (χ1) is 4.93. The van der Waals surface area contributed by atoms with Crippen LogP contribution in [0.1, 0.15) is 39.0 Å². The van der Waals surface area contributed by atoms with Gasteiger partial charge in [-0.3, -0.25) is 4.90 Å². The molecule has 10 heavy (non-hydrogen) atoms. The van der Waals surface area contributed by atoms with Crippen LogP contribution in [0.4, 0.5) is 0 Å². The lowest BCUT2D eigenvalue weighted by molar-refractivity contribution is 0.395. The molecule has 1 heteroatoms. The van der Waals surface area contributed by atoms with Crippen molar-refractivity contribution in [1.29, 1.82) is 0 Å². The first-order valence-electron chi connectivity index (χ1n) is 4.51. The molecule has 0 aromatic carbocycles. The van der Waals surface area contributed by atoms with Gasteiger partial charge in [-0.15, -0.1) is 0 Å². The van der Waals surface area contributed by atoms with Crippen molar-refractivity contribution >= 4 is 0 Å². The summed E-state index contributed by atoms with van der Waals surface area (Å²) < 4.78 is 0. The van der Waals surface area contributed by atoms with Gasteiger partial charge < -0.3 is 0 Å². The van der Waals surface area contributed by atoms with Gasteiger partial charge >= 0.3 is 0 Å². The molecular formula is C9H18N. The van der Waals surface area contributed by atoms with Gasteiger partial charge in [0, 0.05) is 6.54 Å². The molecule has 0 amide bonds. The van der Waals surface area contributed by atoms with Crippen molar-refractivity contribution in [2.24, 2.45) is 0 Å². The zero-order valence-electron chi connectivity index (χ0n) is 6.97. The highest BCUT2D eigenvalue weighted by Gasteiger charge is 2.09. The van der Waals surface area contributed by atoms with Gasteiger partial charge in [-0.1, -0.05) is 19.8 Å². The Morgan fingerprint density at radius 3 is 2.60 bits per heavy atom. The van der Waals surface area contributed by atoms with Crippen LogP contribution in [-0.2, 0) is 0 Å². The zero-order chi connectivity index (χ0) is 7.23. The van der Waals surface area contributed by atoms with Crippen LogP contribution in [0.15, 0.2) is 0 Å². The summed E-state index contributed by atoms with van der Waals surface area (Å²) in [6.07, 6.45) is 6.78. The lowest BCUT2D eigenvalue weighted by Crippen LogP contribution is -2.15. The second kappa shape index (κ2) is 4.73. The second-order valence-electron chi connectivity index (χ2n) is 3.07. The summed E-state index contributed by atoms with van der Waals surface area (Å²) in [4.78, 5) is 2.47. The number of hydrogen-bond acceptors (Lipinski definition) is 1. The van der Waals surface area contributed by atoms with E-state index in [1.54, 1.807) is 0 Å². The minimum Gasteiger partial charge on any atom is -0.299 e. The van der Waals surface area contributed by atoms with Gasteiger partial charge in [0.25, 0.3) is 0 Å². The minimum atomic E-state index is 1.29. The van der Waals surface area contributed by atoms with Crippen molar-refractivity contribution in [3.8, 4) is 0 Å². The van der Waals surface area contributed by atoms with Crippen LogP contribution in [0, 0.1) is 6.54 Å². The van der Waals surface area contributed by atoms with Gasteiger partial charge in [-0.25, -0.2) is 0 Å². The maximum Gasteiger partial charge on any atom is 0.0251 e. The average molecular weight is 140 g/mol. The normalized spacial score (nSPS) is 20.1. The van der Waals surface area contributed by atoms with E-state index in [0.29, 0.717) is 0 Å². The van der Waals surface area contributed by atoms with E-state index in [-0.39, 0.29) is 0 Å². The predicted molar refractivity (Wildman–Crippen MR) is 44.6 cm³/mol. The highest BCUT2D eigenvalue weighted by Crippen LogP contribution is 2.11. The molecule has 0 aliphatic carbocycles. The molecule has 0 saturated carbocycles. The smallest absolute Gasteiger partial charge is 0.0251 e. The minimum absolute atomic E-state index is 1.29. The van der Waals surface area contributed by atoms with E-state index < -0.39 is 0 Å². The number of nitrogens with zero attached hydrogens (tertiary/aromatic N) is 1. The zero-order valence-corrected chi connectivity index (χ0v) is 6.97. The van der Waals surface area contributed by atoms with E-state index in [9.17, 15) is 0 Å². The maximum atomic E-state index is 2.47. The van der Waals surface area contributed by atoms with Crippen molar-refractivity contribution in [1.82, 2.24) is 4.90 Å². The summed E-state index contributed by atoms with van der Waals surface area (Å²) in [6, 6.07) is 0. The van der Waals surface area contributed by atoms with Gasteiger partial charge in [0.05, 0.1) is 0 Å².